The van der Waals surface area contributed by atoms with Gasteiger partial charge in [0.05, 0.1) is 6.20 Å². The van der Waals surface area contributed by atoms with E-state index in [-0.39, 0.29) is 0 Å². The second-order valence-electron chi connectivity index (χ2n) is 4.44. The molecule has 1 saturated heterocycles. The van der Waals surface area contributed by atoms with E-state index < -0.39 is 0 Å². The first-order valence-electron chi connectivity index (χ1n) is 5.64. The molecule has 0 aliphatic carbocycles. The lowest BCUT2D eigenvalue weighted by molar-refractivity contribution is 0.196. The molecule has 1 N–H and O–H groups in total. The summed E-state index contributed by atoms with van der Waals surface area (Å²) in [6.45, 7) is 3.30. The quantitative estimate of drug-likeness (QED) is 0.790. The molecule has 15 heavy (non-hydrogen) atoms. The van der Waals surface area contributed by atoms with Crippen molar-refractivity contribution in [1.82, 2.24) is 20.0 Å². The molecule has 1 aromatic heterocycles. The third-order valence-electron chi connectivity index (χ3n) is 3.08. The summed E-state index contributed by atoms with van der Waals surface area (Å²) < 4.78 is 1.86. The van der Waals surface area contributed by atoms with Crippen molar-refractivity contribution in [3.63, 3.8) is 0 Å². The average molecular weight is 208 g/mol. The molecular weight excluding hydrogens is 188 g/mol. The van der Waals surface area contributed by atoms with Crippen molar-refractivity contribution >= 4 is 0 Å². The minimum absolute atomic E-state index is 0.680. The van der Waals surface area contributed by atoms with Crippen LogP contribution >= 0.6 is 0 Å². The van der Waals surface area contributed by atoms with E-state index in [1.165, 1.54) is 24.9 Å². The molecule has 0 spiro atoms. The highest BCUT2D eigenvalue weighted by molar-refractivity contribution is 5.03. The monoisotopic (exact) mass is 208 g/mol. The Morgan fingerprint density at radius 3 is 3.13 bits per heavy atom. The fourth-order valence-electron chi connectivity index (χ4n) is 2.18. The summed E-state index contributed by atoms with van der Waals surface area (Å²) >= 11 is 0. The first kappa shape index (κ1) is 10.6. The molecule has 0 bridgehead atoms. The van der Waals surface area contributed by atoms with Crippen LogP contribution in [0.5, 0.6) is 0 Å². The van der Waals surface area contributed by atoms with Gasteiger partial charge >= 0.3 is 0 Å². The summed E-state index contributed by atoms with van der Waals surface area (Å²) in [6, 6.07) is 0.680. The Kier molecular flexibility index (Phi) is 3.38. The van der Waals surface area contributed by atoms with Crippen LogP contribution in [0, 0.1) is 0 Å². The fraction of sp³-hybridized carbons (Fsp3) is 0.727. The van der Waals surface area contributed by atoms with Crippen molar-refractivity contribution < 1.29 is 0 Å². The maximum atomic E-state index is 4.19. The zero-order valence-corrected chi connectivity index (χ0v) is 9.61. The lowest BCUT2D eigenvalue weighted by Gasteiger charge is -2.31. The molecule has 1 atom stereocenters. The number of hydrogen-bond acceptors (Lipinski definition) is 3. The van der Waals surface area contributed by atoms with Crippen molar-refractivity contribution in [2.24, 2.45) is 7.05 Å². The normalized spacial score (nSPS) is 22.2. The Bertz CT molecular complexity index is 301. The van der Waals surface area contributed by atoms with E-state index in [2.05, 4.69) is 28.6 Å². The molecule has 1 unspecified atom stereocenters. The zero-order valence-electron chi connectivity index (χ0n) is 9.61. The van der Waals surface area contributed by atoms with Crippen LogP contribution in [-0.4, -0.2) is 40.9 Å². The van der Waals surface area contributed by atoms with E-state index in [1.54, 1.807) is 0 Å². The van der Waals surface area contributed by atoms with Crippen LogP contribution in [-0.2, 0) is 13.6 Å². The molecular formula is C11H20N4. The van der Waals surface area contributed by atoms with E-state index in [4.69, 9.17) is 0 Å². The lowest BCUT2D eigenvalue weighted by atomic mass is 10.1. The predicted octanol–water partition coefficient (Wildman–Crippen LogP) is 0.604. The van der Waals surface area contributed by atoms with Gasteiger partial charge in [-0.2, -0.15) is 5.10 Å². The molecule has 1 fully saturated rings. The van der Waals surface area contributed by atoms with Crippen molar-refractivity contribution in [1.29, 1.82) is 0 Å². The smallest absolute Gasteiger partial charge is 0.0534 e. The molecule has 0 amide bonds. The largest absolute Gasteiger partial charge is 0.315 e. The van der Waals surface area contributed by atoms with Crippen molar-refractivity contribution in [3.8, 4) is 0 Å². The van der Waals surface area contributed by atoms with Gasteiger partial charge in [0, 0.05) is 37.9 Å². The van der Waals surface area contributed by atoms with Gasteiger partial charge in [0.1, 0.15) is 0 Å². The lowest BCUT2D eigenvalue weighted by Crippen LogP contribution is -2.43. The maximum absolute atomic E-state index is 4.19. The summed E-state index contributed by atoms with van der Waals surface area (Å²) in [5.74, 6) is 0. The summed E-state index contributed by atoms with van der Waals surface area (Å²) in [5, 5.41) is 7.63. The Hall–Kier alpha value is -0.870. The second kappa shape index (κ2) is 4.77. The van der Waals surface area contributed by atoms with Gasteiger partial charge in [-0.3, -0.25) is 9.58 Å². The maximum Gasteiger partial charge on any atom is 0.0534 e. The van der Waals surface area contributed by atoms with Crippen LogP contribution in [0.3, 0.4) is 0 Å². The van der Waals surface area contributed by atoms with Crippen molar-refractivity contribution in [3.05, 3.63) is 18.0 Å². The van der Waals surface area contributed by atoms with Crippen LogP contribution in [0.15, 0.2) is 12.4 Å². The molecule has 4 heteroatoms. The number of aromatic nitrogens is 2. The minimum atomic E-state index is 0.680. The number of hydrogen-bond donors (Lipinski definition) is 1. The van der Waals surface area contributed by atoms with E-state index in [0.29, 0.717) is 6.04 Å². The van der Waals surface area contributed by atoms with Gasteiger partial charge < -0.3 is 5.32 Å². The highest BCUT2D eigenvalue weighted by Crippen LogP contribution is 2.11. The average Bonchev–Trinajstić information content (AvgIpc) is 2.65. The molecule has 84 valence electrons. The van der Waals surface area contributed by atoms with E-state index >= 15 is 0 Å². The number of rotatable bonds is 3. The molecule has 2 heterocycles. The standard InChI is InChI=1S/C11H20N4/c1-14(11-4-3-5-12-7-11)8-10-6-13-15(2)9-10/h6,9,11-12H,3-5,7-8H2,1-2H3. The SMILES string of the molecule is CN(Cc1cnn(C)c1)C1CCCNC1. The molecule has 1 aliphatic rings. The van der Waals surface area contributed by atoms with E-state index in [1.807, 2.05) is 17.9 Å². The summed E-state index contributed by atoms with van der Waals surface area (Å²) in [6.07, 6.45) is 6.64. The van der Waals surface area contributed by atoms with Gasteiger partial charge in [-0.15, -0.1) is 0 Å². The molecule has 0 radical (unpaired) electrons. The molecule has 1 aromatic rings. The van der Waals surface area contributed by atoms with Gasteiger partial charge in [0.15, 0.2) is 0 Å². The third kappa shape index (κ3) is 2.79. The van der Waals surface area contributed by atoms with Crippen LogP contribution in [0.2, 0.25) is 0 Å². The number of likely N-dealkylation sites (N-methyl/N-ethyl adjacent to an activating group) is 1. The van der Waals surface area contributed by atoms with Gasteiger partial charge in [0.2, 0.25) is 0 Å². The van der Waals surface area contributed by atoms with Gasteiger partial charge in [-0.1, -0.05) is 0 Å². The van der Waals surface area contributed by atoms with Crippen molar-refractivity contribution in [2.45, 2.75) is 25.4 Å². The van der Waals surface area contributed by atoms with E-state index in [0.717, 1.165) is 13.1 Å². The first-order chi connectivity index (χ1) is 7.25. The molecule has 1 aliphatic heterocycles. The summed E-state index contributed by atoms with van der Waals surface area (Å²) in [4.78, 5) is 2.42. The van der Waals surface area contributed by atoms with Gasteiger partial charge in [-0.25, -0.2) is 0 Å². The van der Waals surface area contributed by atoms with Crippen molar-refractivity contribution in [2.75, 3.05) is 20.1 Å². The topological polar surface area (TPSA) is 33.1 Å². The van der Waals surface area contributed by atoms with Crippen LogP contribution < -0.4 is 5.32 Å². The predicted molar refractivity (Wildman–Crippen MR) is 60.6 cm³/mol. The number of aryl methyl sites for hydroxylation is 1. The highest BCUT2D eigenvalue weighted by Gasteiger charge is 2.17. The van der Waals surface area contributed by atoms with Gasteiger partial charge in [-0.05, 0) is 26.4 Å². The van der Waals surface area contributed by atoms with Crippen LogP contribution in [0.4, 0.5) is 0 Å². The Morgan fingerprint density at radius 1 is 1.67 bits per heavy atom. The van der Waals surface area contributed by atoms with Crippen LogP contribution in [0.1, 0.15) is 18.4 Å². The number of piperidine rings is 1. The van der Waals surface area contributed by atoms with Crippen LogP contribution in [0.25, 0.3) is 0 Å². The second-order valence-corrected chi connectivity index (χ2v) is 4.44. The first-order valence-corrected chi connectivity index (χ1v) is 5.64. The fourth-order valence-corrected chi connectivity index (χ4v) is 2.18. The molecule has 2 rings (SSSR count). The molecule has 4 nitrogen and oxygen atoms in total. The third-order valence-corrected chi connectivity index (χ3v) is 3.08. The minimum Gasteiger partial charge on any atom is -0.315 e. The number of nitrogens with zero attached hydrogens (tertiary/aromatic N) is 3. The van der Waals surface area contributed by atoms with E-state index in [9.17, 15) is 0 Å². The molecule has 0 aromatic carbocycles. The Labute approximate surface area is 91.3 Å². The number of nitrogens with one attached hydrogen (secondary N) is 1. The summed E-state index contributed by atoms with van der Waals surface area (Å²) in [7, 11) is 4.16. The highest BCUT2D eigenvalue weighted by atomic mass is 15.2. The Balaban J connectivity index is 1.88. The molecule has 0 saturated carbocycles. The summed E-state index contributed by atoms with van der Waals surface area (Å²) in [5.41, 5.74) is 1.30. The van der Waals surface area contributed by atoms with Gasteiger partial charge in [0.25, 0.3) is 0 Å². The zero-order chi connectivity index (χ0) is 10.7. The Morgan fingerprint density at radius 2 is 2.53 bits per heavy atom.